The lowest BCUT2D eigenvalue weighted by atomic mass is 10.1. The molecule has 0 unspecified atom stereocenters. The Hall–Kier alpha value is -2.01. The fraction of sp³-hybridized carbons (Fsp3) is 0.250. The van der Waals surface area contributed by atoms with E-state index in [0.717, 1.165) is 38.9 Å². The number of pyridine rings is 2. The first-order chi connectivity index (χ1) is 10.3. The highest BCUT2D eigenvalue weighted by atomic mass is 32.2. The molecule has 0 aliphatic carbocycles. The van der Waals surface area contributed by atoms with Crippen LogP contribution in [0, 0.1) is 4.91 Å². The summed E-state index contributed by atoms with van der Waals surface area (Å²) in [6, 6.07) is 10.1. The Bertz CT molecular complexity index is 804. The van der Waals surface area contributed by atoms with E-state index in [4.69, 9.17) is 0 Å². The summed E-state index contributed by atoms with van der Waals surface area (Å²) in [5, 5.41) is 5.12. The number of nitrogens with zero attached hydrogens (tertiary/aromatic N) is 3. The fourth-order valence-corrected chi connectivity index (χ4v) is 3.29. The highest BCUT2D eigenvalue weighted by Crippen LogP contribution is 2.32. The average Bonchev–Trinajstić information content (AvgIpc) is 2.52. The van der Waals surface area contributed by atoms with Crippen LogP contribution in [0.1, 0.15) is 19.0 Å². The molecule has 2 aromatic heterocycles. The zero-order chi connectivity index (χ0) is 14.7. The number of hydrogen-bond acceptors (Lipinski definition) is 5. The van der Waals surface area contributed by atoms with Crippen LogP contribution in [0.2, 0.25) is 0 Å². The van der Waals surface area contributed by atoms with Crippen molar-refractivity contribution in [2.75, 3.05) is 5.75 Å². The predicted octanol–water partition coefficient (Wildman–Crippen LogP) is 4.55. The second-order valence-corrected chi connectivity index (χ2v) is 5.92. The molecule has 3 rings (SSSR count). The molecule has 0 atom stereocenters. The summed E-state index contributed by atoms with van der Waals surface area (Å²) in [5.41, 5.74) is 2.43. The number of hydrogen-bond donors (Lipinski definition) is 0. The first-order valence-electron chi connectivity index (χ1n) is 6.92. The first kappa shape index (κ1) is 13.9. The Morgan fingerprint density at radius 3 is 2.95 bits per heavy atom. The molecule has 0 amide bonds. The third-order valence-corrected chi connectivity index (χ3v) is 4.52. The summed E-state index contributed by atoms with van der Waals surface area (Å²) in [4.78, 5) is 20.8. The smallest absolute Gasteiger partial charge is 0.123 e. The lowest BCUT2D eigenvalue weighted by molar-refractivity contribution is 0.986. The van der Waals surface area contributed by atoms with Gasteiger partial charge < -0.3 is 0 Å². The normalized spacial score (nSPS) is 11.1. The van der Waals surface area contributed by atoms with Crippen LogP contribution in [0.4, 0.5) is 0 Å². The number of thioether (sulfide) groups is 1. The van der Waals surface area contributed by atoms with Crippen LogP contribution in [0.25, 0.3) is 21.8 Å². The van der Waals surface area contributed by atoms with Gasteiger partial charge in [-0.1, -0.05) is 30.3 Å². The number of fused-ring (bicyclic) bond motifs is 3. The minimum absolute atomic E-state index is 0.0961. The topological polar surface area (TPSA) is 55.2 Å². The van der Waals surface area contributed by atoms with Crippen LogP contribution in [-0.4, -0.2) is 15.7 Å². The molecule has 106 valence electrons. The van der Waals surface area contributed by atoms with E-state index in [0.29, 0.717) is 5.69 Å². The molecule has 21 heavy (non-hydrogen) atoms. The van der Waals surface area contributed by atoms with E-state index < -0.39 is 0 Å². The molecule has 4 nitrogen and oxygen atoms in total. The molecule has 2 heterocycles. The highest BCUT2D eigenvalue weighted by Gasteiger charge is 2.10. The van der Waals surface area contributed by atoms with Gasteiger partial charge in [-0.25, -0.2) is 4.98 Å². The summed E-state index contributed by atoms with van der Waals surface area (Å²) in [6.07, 6.45) is 2.87. The Labute approximate surface area is 127 Å². The Kier molecular flexibility index (Phi) is 4.10. The summed E-state index contributed by atoms with van der Waals surface area (Å²) >= 11 is 1.79. The zero-order valence-electron chi connectivity index (χ0n) is 11.7. The van der Waals surface area contributed by atoms with Gasteiger partial charge in [-0.05, 0) is 24.3 Å². The lowest BCUT2D eigenvalue weighted by Gasteiger charge is -2.09. The van der Waals surface area contributed by atoms with Gasteiger partial charge in [-0.3, -0.25) is 4.98 Å². The maximum absolute atomic E-state index is 10.6. The second kappa shape index (κ2) is 6.18. The predicted molar refractivity (Wildman–Crippen MR) is 87.6 cm³/mol. The SMILES string of the molecule is CCCSc1cc(CN=O)nc2c1ccc1cccnc12. The molecule has 0 aliphatic rings. The van der Waals surface area contributed by atoms with E-state index in [1.165, 1.54) is 0 Å². The van der Waals surface area contributed by atoms with Gasteiger partial charge in [-0.15, -0.1) is 11.8 Å². The standard InChI is InChI=1S/C16H15N3OS/c1-2-8-21-14-9-12(10-18-20)19-16-13(14)6-5-11-4-3-7-17-15(11)16/h3-7,9H,2,8,10H2,1H3. The molecule has 0 aliphatic heterocycles. The molecule has 0 fully saturated rings. The monoisotopic (exact) mass is 297 g/mol. The molecule has 0 N–H and O–H groups in total. The molecule has 3 aromatic rings. The van der Waals surface area contributed by atoms with Gasteiger partial charge in [-0.2, -0.15) is 4.91 Å². The number of benzene rings is 1. The maximum atomic E-state index is 10.6. The van der Waals surface area contributed by atoms with Gasteiger partial charge in [0.05, 0.1) is 16.7 Å². The van der Waals surface area contributed by atoms with Crippen molar-refractivity contribution in [3.8, 4) is 0 Å². The Morgan fingerprint density at radius 1 is 1.24 bits per heavy atom. The van der Waals surface area contributed by atoms with Crippen LogP contribution in [0.3, 0.4) is 0 Å². The Balaban J connectivity index is 2.28. The summed E-state index contributed by atoms with van der Waals surface area (Å²) in [7, 11) is 0. The molecule has 5 heteroatoms. The van der Waals surface area contributed by atoms with Gasteiger partial charge >= 0.3 is 0 Å². The third-order valence-electron chi connectivity index (χ3n) is 3.25. The van der Waals surface area contributed by atoms with Crippen LogP contribution in [0.5, 0.6) is 0 Å². The largest absolute Gasteiger partial charge is 0.254 e. The van der Waals surface area contributed by atoms with Gasteiger partial charge in [0.25, 0.3) is 0 Å². The first-order valence-corrected chi connectivity index (χ1v) is 7.91. The van der Waals surface area contributed by atoms with Crippen molar-refractivity contribution in [3.05, 3.63) is 47.1 Å². The molecule has 0 spiro atoms. The lowest BCUT2D eigenvalue weighted by Crippen LogP contribution is -1.93. The van der Waals surface area contributed by atoms with Crippen molar-refractivity contribution in [2.45, 2.75) is 24.8 Å². The molecule has 0 saturated heterocycles. The van der Waals surface area contributed by atoms with E-state index in [-0.39, 0.29) is 6.54 Å². The van der Waals surface area contributed by atoms with Crippen LogP contribution < -0.4 is 0 Å². The number of aromatic nitrogens is 2. The van der Waals surface area contributed by atoms with Crippen molar-refractivity contribution in [1.82, 2.24) is 9.97 Å². The quantitative estimate of drug-likeness (QED) is 0.394. The minimum Gasteiger partial charge on any atom is -0.254 e. The second-order valence-electron chi connectivity index (χ2n) is 4.78. The van der Waals surface area contributed by atoms with Gasteiger partial charge in [0.1, 0.15) is 6.54 Å². The molecule has 0 radical (unpaired) electrons. The zero-order valence-corrected chi connectivity index (χ0v) is 12.6. The fourth-order valence-electron chi connectivity index (χ4n) is 2.33. The summed E-state index contributed by atoms with van der Waals surface area (Å²) in [6.45, 7) is 2.25. The number of nitroso groups, excluding NO2 is 1. The maximum Gasteiger partial charge on any atom is 0.123 e. The minimum atomic E-state index is 0.0961. The van der Waals surface area contributed by atoms with Crippen molar-refractivity contribution in [3.63, 3.8) is 0 Å². The van der Waals surface area contributed by atoms with E-state index in [2.05, 4.69) is 34.2 Å². The van der Waals surface area contributed by atoms with Gasteiger partial charge in [0, 0.05) is 21.9 Å². The van der Waals surface area contributed by atoms with Crippen molar-refractivity contribution >= 4 is 33.6 Å². The van der Waals surface area contributed by atoms with Crippen molar-refractivity contribution < 1.29 is 0 Å². The summed E-state index contributed by atoms with van der Waals surface area (Å²) < 4.78 is 0. The number of rotatable bonds is 5. The van der Waals surface area contributed by atoms with Gasteiger partial charge in [0.15, 0.2) is 0 Å². The highest BCUT2D eigenvalue weighted by molar-refractivity contribution is 7.99. The molecule has 0 bridgehead atoms. The summed E-state index contributed by atoms with van der Waals surface area (Å²) in [5.74, 6) is 1.04. The molecule has 1 aromatic carbocycles. The molecular formula is C16H15N3OS. The van der Waals surface area contributed by atoms with E-state index in [1.54, 1.807) is 18.0 Å². The van der Waals surface area contributed by atoms with E-state index in [1.807, 2.05) is 18.2 Å². The third kappa shape index (κ3) is 2.74. The van der Waals surface area contributed by atoms with Crippen LogP contribution in [0.15, 0.2) is 46.6 Å². The van der Waals surface area contributed by atoms with Crippen molar-refractivity contribution in [1.29, 1.82) is 0 Å². The van der Waals surface area contributed by atoms with Crippen LogP contribution in [-0.2, 0) is 6.54 Å². The van der Waals surface area contributed by atoms with E-state index >= 15 is 0 Å². The molecule has 0 saturated carbocycles. The van der Waals surface area contributed by atoms with Crippen LogP contribution >= 0.6 is 11.8 Å². The van der Waals surface area contributed by atoms with E-state index in [9.17, 15) is 4.91 Å². The molecular weight excluding hydrogens is 282 g/mol. The Morgan fingerprint density at radius 2 is 2.14 bits per heavy atom. The van der Waals surface area contributed by atoms with Crippen molar-refractivity contribution in [2.24, 2.45) is 5.18 Å². The van der Waals surface area contributed by atoms with Gasteiger partial charge in [0.2, 0.25) is 0 Å². The average molecular weight is 297 g/mol.